The molecule has 7 nitrogen and oxygen atoms in total. The molecule has 4 rings (SSSR count). The van der Waals surface area contributed by atoms with E-state index in [1.807, 2.05) is 0 Å². The molecule has 1 unspecified atom stereocenters. The molecule has 0 saturated carbocycles. The second-order valence-electron chi connectivity index (χ2n) is 7.51. The number of rotatable bonds is 3. The van der Waals surface area contributed by atoms with Gasteiger partial charge in [-0.1, -0.05) is 0 Å². The van der Waals surface area contributed by atoms with E-state index in [0.717, 1.165) is 12.5 Å². The molecule has 158 valence electrons. The van der Waals surface area contributed by atoms with E-state index in [2.05, 4.69) is 15.1 Å². The Morgan fingerprint density at radius 3 is 2.83 bits per heavy atom. The monoisotopic (exact) mass is 419 g/mol. The first kappa shape index (κ1) is 20.1. The number of pyridine rings is 2. The Morgan fingerprint density at radius 2 is 2.13 bits per heavy atom. The summed E-state index contributed by atoms with van der Waals surface area (Å²) >= 11 is 0. The zero-order chi connectivity index (χ0) is 21.5. The summed E-state index contributed by atoms with van der Waals surface area (Å²) in [7, 11) is 0. The van der Waals surface area contributed by atoms with Gasteiger partial charge in [0.2, 0.25) is 5.91 Å². The average molecular weight is 419 g/mol. The Kier molecular flexibility index (Phi) is 5.08. The van der Waals surface area contributed by atoms with Crippen molar-refractivity contribution < 1.29 is 18.0 Å². The van der Waals surface area contributed by atoms with Crippen molar-refractivity contribution in [2.24, 2.45) is 0 Å². The number of carbonyl (C=O) groups is 1. The van der Waals surface area contributed by atoms with Gasteiger partial charge in [-0.2, -0.15) is 18.3 Å². The van der Waals surface area contributed by atoms with Gasteiger partial charge in [-0.15, -0.1) is 0 Å². The molecular weight excluding hydrogens is 399 g/mol. The highest BCUT2D eigenvalue weighted by atomic mass is 19.4. The summed E-state index contributed by atoms with van der Waals surface area (Å²) < 4.78 is 41.7. The lowest BCUT2D eigenvalue weighted by molar-refractivity contribution is -0.136. The highest BCUT2D eigenvalue weighted by molar-refractivity contribution is 5.82. The minimum Gasteiger partial charge on any atom is -0.340 e. The van der Waals surface area contributed by atoms with Crippen LogP contribution in [0.1, 0.15) is 35.7 Å². The zero-order valence-electron chi connectivity index (χ0n) is 16.2. The highest BCUT2D eigenvalue weighted by Crippen LogP contribution is 2.34. The summed E-state index contributed by atoms with van der Waals surface area (Å²) in [5, 5.41) is 3.57. The van der Waals surface area contributed by atoms with E-state index in [1.165, 1.54) is 17.7 Å². The van der Waals surface area contributed by atoms with Crippen LogP contribution in [0.4, 0.5) is 13.2 Å². The lowest BCUT2D eigenvalue weighted by Crippen LogP contribution is -2.41. The maximum atomic E-state index is 13.4. The molecule has 0 radical (unpaired) electrons. The number of alkyl halides is 3. The number of fused-ring (bicyclic) bond motifs is 1. The Labute approximate surface area is 169 Å². The molecule has 1 aliphatic heterocycles. The zero-order valence-corrected chi connectivity index (χ0v) is 16.2. The number of carbonyl (C=O) groups excluding carboxylic acids is 1. The standard InChI is InChI=1S/C20H20F3N5O2/c1-12-8-14(20(21,22)23)18-16(25-12)9-15(26-19(18)30)13-4-2-6-27(10-13)17(29)11-28-7-3-5-24-28/h3,5,7-9,13H,2,4,6,10-11H2,1H3,(H,26,30). The van der Waals surface area contributed by atoms with Crippen LogP contribution in [0, 0.1) is 6.92 Å². The lowest BCUT2D eigenvalue weighted by atomic mass is 9.93. The molecule has 1 amide bonds. The second kappa shape index (κ2) is 7.58. The van der Waals surface area contributed by atoms with Gasteiger partial charge in [0.25, 0.3) is 5.56 Å². The minimum absolute atomic E-state index is 0.0149. The van der Waals surface area contributed by atoms with Crippen LogP contribution < -0.4 is 5.56 Å². The fraction of sp³-hybridized carbons (Fsp3) is 0.400. The van der Waals surface area contributed by atoms with Crippen molar-refractivity contribution in [1.29, 1.82) is 0 Å². The second-order valence-corrected chi connectivity index (χ2v) is 7.51. The molecule has 3 aromatic heterocycles. The molecule has 0 aliphatic carbocycles. The quantitative estimate of drug-likeness (QED) is 0.708. The summed E-state index contributed by atoms with van der Waals surface area (Å²) in [6.45, 7) is 2.54. The largest absolute Gasteiger partial charge is 0.417 e. The van der Waals surface area contributed by atoms with E-state index in [9.17, 15) is 22.8 Å². The van der Waals surface area contributed by atoms with Gasteiger partial charge in [-0.05, 0) is 38.0 Å². The Bertz CT molecular complexity index is 1140. The lowest BCUT2D eigenvalue weighted by Gasteiger charge is -2.33. The molecule has 1 N–H and O–H groups in total. The maximum absolute atomic E-state index is 13.4. The van der Waals surface area contributed by atoms with Crippen molar-refractivity contribution >= 4 is 16.8 Å². The summed E-state index contributed by atoms with van der Waals surface area (Å²) in [5.74, 6) is -0.283. The Hall–Kier alpha value is -3.17. The number of aryl methyl sites for hydroxylation is 1. The number of aromatic nitrogens is 4. The molecular formula is C20H20F3N5O2. The number of H-pyrrole nitrogens is 1. The predicted octanol–water partition coefficient (Wildman–Crippen LogP) is 2.85. The van der Waals surface area contributed by atoms with Gasteiger partial charge in [0, 0.05) is 42.8 Å². The molecule has 1 fully saturated rings. The maximum Gasteiger partial charge on any atom is 0.417 e. The molecule has 0 spiro atoms. The minimum atomic E-state index is -4.65. The number of aromatic amines is 1. The van der Waals surface area contributed by atoms with Crippen molar-refractivity contribution in [2.45, 2.75) is 38.4 Å². The summed E-state index contributed by atoms with van der Waals surface area (Å²) in [6, 6.07) is 4.12. The van der Waals surface area contributed by atoms with E-state index in [0.29, 0.717) is 25.2 Å². The van der Waals surface area contributed by atoms with Crippen LogP contribution in [0.25, 0.3) is 10.9 Å². The van der Waals surface area contributed by atoms with E-state index in [4.69, 9.17) is 0 Å². The van der Waals surface area contributed by atoms with Crippen LogP contribution in [0.3, 0.4) is 0 Å². The molecule has 0 bridgehead atoms. The van der Waals surface area contributed by atoms with Gasteiger partial charge in [0.15, 0.2) is 0 Å². The number of hydrogen-bond acceptors (Lipinski definition) is 4. The first-order valence-corrected chi connectivity index (χ1v) is 9.59. The SMILES string of the molecule is Cc1cc(C(F)(F)F)c2c(=O)[nH]c(C3CCCN(C(=O)Cn4cccn4)C3)cc2n1. The first-order chi connectivity index (χ1) is 14.2. The van der Waals surface area contributed by atoms with Crippen LogP contribution in [0.5, 0.6) is 0 Å². The van der Waals surface area contributed by atoms with Crippen LogP contribution in [-0.4, -0.2) is 43.6 Å². The van der Waals surface area contributed by atoms with Crippen LogP contribution in [0.2, 0.25) is 0 Å². The topological polar surface area (TPSA) is 83.9 Å². The van der Waals surface area contributed by atoms with Crippen LogP contribution in [0.15, 0.2) is 35.4 Å². The van der Waals surface area contributed by atoms with Gasteiger partial charge in [0.1, 0.15) is 6.54 Å². The van der Waals surface area contributed by atoms with E-state index >= 15 is 0 Å². The first-order valence-electron chi connectivity index (χ1n) is 9.59. The predicted molar refractivity (Wildman–Crippen MR) is 103 cm³/mol. The van der Waals surface area contributed by atoms with Crippen molar-refractivity contribution in [3.05, 3.63) is 57.9 Å². The molecule has 1 saturated heterocycles. The molecule has 3 aromatic rings. The third-order valence-electron chi connectivity index (χ3n) is 5.33. The average Bonchev–Trinajstić information content (AvgIpc) is 3.19. The van der Waals surface area contributed by atoms with Crippen molar-refractivity contribution in [1.82, 2.24) is 24.6 Å². The number of nitrogens with one attached hydrogen (secondary N) is 1. The fourth-order valence-corrected chi connectivity index (χ4v) is 3.95. The number of halogens is 3. The van der Waals surface area contributed by atoms with Gasteiger partial charge in [-0.3, -0.25) is 19.3 Å². The van der Waals surface area contributed by atoms with Crippen molar-refractivity contribution in [3.63, 3.8) is 0 Å². The third-order valence-corrected chi connectivity index (χ3v) is 5.33. The summed E-state index contributed by atoms with van der Waals surface area (Å²) in [6.07, 6.45) is 0.0826. The highest BCUT2D eigenvalue weighted by Gasteiger charge is 2.35. The molecule has 1 atom stereocenters. The van der Waals surface area contributed by atoms with Crippen LogP contribution >= 0.6 is 0 Å². The molecule has 1 aliphatic rings. The number of hydrogen-bond donors (Lipinski definition) is 1. The summed E-state index contributed by atoms with van der Waals surface area (Å²) in [4.78, 5) is 33.6. The van der Waals surface area contributed by atoms with E-state index in [-0.39, 0.29) is 29.6 Å². The normalized spacial score (nSPS) is 17.5. The summed E-state index contributed by atoms with van der Waals surface area (Å²) in [5.41, 5.74) is -1.11. The molecule has 4 heterocycles. The van der Waals surface area contributed by atoms with Crippen molar-refractivity contribution in [3.8, 4) is 0 Å². The molecule has 10 heteroatoms. The van der Waals surface area contributed by atoms with Crippen molar-refractivity contribution in [2.75, 3.05) is 13.1 Å². The smallest absolute Gasteiger partial charge is 0.340 e. The van der Waals surface area contributed by atoms with E-state index in [1.54, 1.807) is 23.4 Å². The van der Waals surface area contributed by atoms with Gasteiger partial charge >= 0.3 is 6.18 Å². The molecule has 30 heavy (non-hydrogen) atoms. The molecule has 0 aromatic carbocycles. The Morgan fingerprint density at radius 1 is 1.33 bits per heavy atom. The fourth-order valence-electron chi connectivity index (χ4n) is 3.95. The Balaban J connectivity index is 1.64. The third kappa shape index (κ3) is 3.94. The van der Waals surface area contributed by atoms with E-state index < -0.39 is 22.7 Å². The van der Waals surface area contributed by atoms with Gasteiger partial charge < -0.3 is 9.88 Å². The van der Waals surface area contributed by atoms with Crippen LogP contribution in [-0.2, 0) is 17.5 Å². The number of piperidine rings is 1. The number of likely N-dealkylation sites (tertiary alicyclic amines) is 1. The number of amides is 1. The number of nitrogens with zero attached hydrogens (tertiary/aromatic N) is 4. The van der Waals surface area contributed by atoms with Gasteiger partial charge in [0.05, 0.1) is 16.5 Å². The van der Waals surface area contributed by atoms with Gasteiger partial charge in [-0.25, -0.2) is 0 Å².